The van der Waals surface area contributed by atoms with Gasteiger partial charge in [0.25, 0.3) is 0 Å². The molecule has 1 saturated carbocycles. The molecule has 2 aliphatic carbocycles. The number of rotatable bonds is 2. The summed E-state index contributed by atoms with van der Waals surface area (Å²) in [6.07, 6.45) is 6.46. The number of carbonyl (C=O) groups is 1. The molecule has 0 aromatic carbocycles. The fraction of sp³-hybridized carbons (Fsp3) is 0.700. The third-order valence-electron chi connectivity index (χ3n) is 2.76. The second kappa shape index (κ2) is 2.92. The van der Waals surface area contributed by atoms with Crippen molar-refractivity contribution in [1.29, 1.82) is 0 Å². The zero-order valence-corrected chi connectivity index (χ0v) is 7.47. The monoisotopic (exact) mass is 165 g/mol. The van der Waals surface area contributed by atoms with Crippen LogP contribution in [-0.2, 0) is 4.79 Å². The molecule has 1 N–H and O–H groups in total. The number of hydrogen-bond donors (Lipinski definition) is 1. The summed E-state index contributed by atoms with van der Waals surface area (Å²) < 4.78 is 0. The van der Waals surface area contributed by atoms with Gasteiger partial charge in [-0.05, 0) is 31.6 Å². The van der Waals surface area contributed by atoms with E-state index in [1.165, 1.54) is 6.42 Å². The van der Waals surface area contributed by atoms with Gasteiger partial charge in [0.1, 0.15) is 0 Å². The average molecular weight is 165 g/mol. The molecule has 2 aliphatic rings. The Bertz CT molecular complexity index is 232. The molecule has 0 heterocycles. The van der Waals surface area contributed by atoms with Crippen molar-refractivity contribution in [2.24, 2.45) is 5.92 Å². The third-order valence-corrected chi connectivity index (χ3v) is 2.76. The lowest BCUT2D eigenvalue weighted by atomic mass is 10.2. The highest BCUT2D eigenvalue weighted by Crippen LogP contribution is 2.29. The van der Waals surface area contributed by atoms with E-state index < -0.39 is 0 Å². The van der Waals surface area contributed by atoms with E-state index in [9.17, 15) is 4.79 Å². The Hall–Kier alpha value is -0.790. The van der Waals surface area contributed by atoms with Gasteiger partial charge < -0.3 is 5.32 Å². The summed E-state index contributed by atoms with van der Waals surface area (Å²) in [6.45, 7) is 2.17. The largest absolute Gasteiger partial charge is 0.349 e. The van der Waals surface area contributed by atoms with Crippen molar-refractivity contribution in [2.75, 3.05) is 0 Å². The minimum Gasteiger partial charge on any atom is -0.349 e. The van der Waals surface area contributed by atoms with E-state index >= 15 is 0 Å². The van der Waals surface area contributed by atoms with Gasteiger partial charge in [0.15, 0.2) is 0 Å². The molecule has 0 aromatic heterocycles. The van der Waals surface area contributed by atoms with Gasteiger partial charge in [-0.3, -0.25) is 4.79 Å². The first-order chi connectivity index (χ1) is 5.77. The Balaban J connectivity index is 1.84. The van der Waals surface area contributed by atoms with Crippen LogP contribution < -0.4 is 5.32 Å². The summed E-state index contributed by atoms with van der Waals surface area (Å²) in [5.74, 6) is 0.887. The lowest BCUT2D eigenvalue weighted by Gasteiger charge is -2.03. The summed E-state index contributed by atoms with van der Waals surface area (Å²) in [5.41, 5.74) is 1.01. The van der Waals surface area contributed by atoms with Crippen LogP contribution in [-0.4, -0.2) is 11.9 Å². The van der Waals surface area contributed by atoms with Crippen LogP contribution in [0, 0.1) is 5.92 Å². The van der Waals surface area contributed by atoms with Gasteiger partial charge in [0.2, 0.25) is 5.91 Å². The molecule has 66 valence electrons. The fourth-order valence-corrected chi connectivity index (χ4v) is 1.66. The highest BCUT2D eigenvalue weighted by molar-refractivity contribution is 5.94. The van der Waals surface area contributed by atoms with Crippen molar-refractivity contribution in [3.63, 3.8) is 0 Å². The Morgan fingerprint density at radius 1 is 1.67 bits per heavy atom. The predicted octanol–water partition coefficient (Wildman–Crippen LogP) is 1.62. The number of allylic oxidation sites excluding steroid dienone is 1. The number of carbonyl (C=O) groups excluding carboxylic acids is 1. The van der Waals surface area contributed by atoms with Crippen LogP contribution in [0.1, 0.15) is 32.6 Å². The van der Waals surface area contributed by atoms with Crippen molar-refractivity contribution in [2.45, 2.75) is 38.6 Å². The van der Waals surface area contributed by atoms with E-state index in [0.717, 1.165) is 24.8 Å². The molecular weight excluding hydrogens is 150 g/mol. The van der Waals surface area contributed by atoms with Crippen LogP contribution in [0.15, 0.2) is 11.6 Å². The molecular formula is C10H15NO. The molecule has 0 aliphatic heterocycles. The minimum absolute atomic E-state index is 0.182. The van der Waals surface area contributed by atoms with Gasteiger partial charge in [0.05, 0.1) is 0 Å². The molecule has 12 heavy (non-hydrogen) atoms. The van der Waals surface area contributed by atoms with Gasteiger partial charge in [-0.1, -0.05) is 13.0 Å². The maximum Gasteiger partial charge on any atom is 0.247 e. The molecule has 0 spiro atoms. The molecule has 0 bridgehead atoms. The molecule has 1 fully saturated rings. The van der Waals surface area contributed by atoms with Gasteiger partial charge in [0, 0.05) is 11.6 Å². The SMILES string of the molecule is CC1CC1NC(=O)C1=CCCC1. The summed E-state index contributed by atoms with van der Waals surface area (Å²) in [6, 6.07) is 0.471. The van der Waals surface area contributed by atoms with Crippen molar-refractivity contribution in [3.05, 3.63) is 11.6 Å². The summed E-state index contributed by atoms with van der Waals surface area (Å²) in [7, 11) is 0. The lowest BCUT2D eigenvalue weighted by molar-refractivity contribution is -0.117. The van der Waals surface area contributed by atoms with Crippen LogP contribution in [0.4, 0.5) is 0 Å². The minimum atomic E-state index is 0.182. The van der Waals surface area contributed by atoms with Crippen molar-refractivity contribution in [3.8, 4) is 0 Å². The van der Waals surface area contributed by atoms with Gasteiger partial charge in [-0.2, -0.15) is 0 Å². The smallest absolute Gasteiger partial charge is 0.247 e. The quantitative estimate of drug-likeness (QED) is 0.662. The molecule has 2 rings (SSSR count). The average Bonchev–Trinajstić information content (AvgIpc) is 2.58. The normalized spacial score (nSPS) is 32.9. The van der Waals surface area contributed by atoms with Crippen LogP contribution in [0.2, 0.25) is 0 Å². The van der Waals surface area contributed by atoms with Crippen LogP contribution in [0.25, 0.3) is 0 Å². The summed E-state index contributed by atoms with van der Waals surface area (Å²) in [5, 5.41) is 3.04. The Kier molecular flexibility index (Phi) is 1.91. The Labute approximate surface area is 73.0 Å². The molecule has 0 saturated heterocycles. The third kappa shape index (κ3) is 1.52. The number of amides is 1. The first kappa shape index (κ1) is 7.84. The second-order valence-corrected chi connectivity index (χ2v) is 3.91. The fourth-order valence-electron chi connectivity index (χ4n) is 1.66. The van der Waals surface area contributed by atoms with E-state index in [1.807, 2.05) is 0 Å². The summed E-state index contributed by atoms with van der Waals surface area (Å²) >= 11 is 0. The van der Waals surface area contributed by atoms with E-state index in [2.05, 4.69) is 18.3 Å². The first-order valence-corrected chi connectivity index (χ1v) is 4.77. The number of nitrogens with one attached hydrogen (secondary N) is 1. The molecule has 0 radical (unpaired) electrons. The van der Waals surface area contributed by atoms with E-state index in [4.69, 9.17) is 0 Å². The maximum atomic E-state index is 11.5. The molecule has 2 heteroatoms. The lowest BCUT2D eigenvalue weighted by Crippen LogP contribution is -2.27. The maximum absolute atomic E-state index is 11.5. The molecule has 2 nitrogen and oxygen atoms in total. The highest BCUT2D eigenvalue weighted by atomic mass is 16.1. The van der Waals surface area contributed by atoms with Gasteiger partial charge in [-0.15, -0.1) is 0 Å². The predicted molar refractivity (Wildman–Crippen MR) is 47.6 cm³/mol. The van der Waals surface area contributed by atoms with E-state index in [1.54, 1.807) is 0 Å². The van der Waals surface area contributed by atoms with Crippen LogP contribution >= 0.6 is 0 Å². The van der Waals surface area contributed by atoms with E-state index in [0.29, 0.717) is 12.0 Å². The zero-order valence-electron chi connectivity index (χ0n) is 7.47. The van der Waals surface area contributed by atoms with Crippen molar-refractivity contribution >= 4 is 5.91 Å². The summed E-state index contributed by atoms with van der Waals surface area (Å²) in [4.78, 5) is 11.5. The highest BCUT2D eigenvalue weighted by Gasteiger charge is 2.34. The second-order valence-electron chi connectivity index (χ2n) is 3.91. The number of hydrogen-bond acceptors (Lipinski definition) is 1. The molecule has 2 unspecified atom stereocenters. The zero-order chi connectivity index (χ0) is 8.55. The van der Waals surface area contributed by atoms with Crippen LogP contribution in [0.5, 0.6) is 0 Å². The van der Waals surface area contributed by atoms with Crippen LogP contribution in [0.3, 0.4) is 0 Å². The topological polar surface area (TPSA) is 29.1 Å². The first-order valence-electron chi connectivity index (χ1n) is 4.77. The standard InChI is InChI=1S/C10H15NO/c1-7-6-9(7)11-10(12)8-4-2-3-5-8/h4,7,9H,2-3,5-6H2,1H3,(H,11,12). The molecule has 2 atom stereocenters. The van der Waals surface area contributed by atoms with Gasteiger partial charge in [-0.25, -0.2) is 0 Å². The Morgan fingerprint density at radius 2 is 2.42 bits per heavy atom. The molecule has 1 amide bonds. The van der Waals surface area contributed by atoms with Crippen molar-refractivity contribution in [1.82, 2.24) is 5.32 Å². The van der Waals surface area contributed by atoms with E-state index in [-0.39, 0.29) is 5.91 Å². The van der Waals surface area contributed by atoms with Crippen molar-refractivity contribution < 1.29 is 4.79 Å². The Morgan fingerprint density at radius 3 is 2.92 bits per heavy atom. The molecule has 0 aromatic rings. The van der Waals surface area contributed by atoms with Gasteiger partial charge >= 0.3 is 0 Å².